The smallest absolute Gasteiger partial charge is 0.244 e. The Morgan fingerprint density at radius 3 is 2.26 bits per heavy atom. The number of nitrogens with zero attached hydrogens (tertiary/aromatic N) is 4. The molecule has 0 saturated carbocycles. The van der Waals surface area contributed by atoms with E-state index >= 15 is 0 Å². The summed E-state index contributed by atoms with van der Waals surface area (Å²) in [7, 11) is -3.78. The van der Waals surface area contributed by atoms with Gasteiger partial charge in [-0.3, -0.25) is 4.79 Å². The summed E-state index contributed by atoms with van der Waals surface area (Å²) in [6.45, 7) is 7.43. The lowest BCUT2D eigenvalue weighted by molar-refractivity contribution is -0.130. The molecule has 0 N–H and O–H groups in total. The summed E-state index contributed by atoms with van der Waals surface area (Å²) >= 11 is 0. The van der Waals surface area contributed by atoms with Crippen LogP contribution in [0, 0.1) is 18.3 Å². The van der Waals surface area contributed by atoms with Crippen LogP contribution >= 0.6 is 0 Å². The van der Waals surface area contributed by atoms with Crippen LogP contribution in [0.5, 0.6) is 0 Å². The molecule has 1 saturated heterocycles. The fraction of sp³-hybridized carbons (Fsp3) is 0.391. The summed E-state index contributed by atoms with van der Waals surface area (Å²) in [6, 6.07) is 16.4. The molecular weight excluding hydrogens is 412 g/mol. The first-order valence-corrected chi connectivity index (χ1v) is 11.8. The van der Waals surface area contributed by atoms with Crippen molar-refractivity contribution in [3.8, 4) is 6.07 Å². The predicted octanol–water partition coefficient (Wildman–Crippen LogP) is 2.61. The molecule has 1 amide bonds. The molecule has 164 valence electrons. The number of carbonyl (C=O) groups is 1. The fourth-order valence-electron chi connectivity index (χ4n) is 3.65. The maximum Gasteiger partial charge on any atom is 0.244 e. The number of amides is 1. The van der Waals surface area contributed by atoms with Gasteiger partial charge in [0.05, 0.1) is 17.0 Å². The Morgan fingerprint density at radius 1 is 1.06 bits per heavy atom. The molecule has 0 spiro atoms. The van der Waals surface area contributed by atoms with Crippen LogP contribution < -0.4 is 4.90 Å². The van der Waals surface area contributed by atoms with Crippen molar-refractivity contribution in [1.29, 1.82) is 5.26 Å². The predicted molar refractivity (Wildman–Crippen MR) is 120 cm³/mol. The second-order valence-corrected chi connectivity index (χ2v) is 9.86. The van der Waals surface area contributed by atoms with E-state index in [2.05, 4.69) is 0 Å². The number of rotatable bonds is 6. The highest BCUT2D eigenvalue weighted by atomic mass is 32.2. The van der Waals surface area contributed by atoms with Gasteiger partial charge in [0.1, 0.15) is 6.07 Å². The first kappa shape index (κ1) is 22.8. The van der Waals surface area contributed by atoms with Crippen molar-refractivity contribution in [1.82, 2.24) is 9.21 Å². The molecule has 1 aliphatic heterocycles. The average molecular weight is 441 g/mol. The molecule has 2 aromatic carbocycles. The van der Waals surface area contributed by atoms with Gasteiger partial charge in [0.15, 0.2) is 0 Å². The van der Waals surface area contributed by atoms with E-state index in [9.17, 15) is 18.5 Å². The van der Waals surface area contributed by atoms with E-state index in [-0.39, 0.29) is 42.0 Å². The van der Waals surface area contributed by atoms with E-state index in [1.807, 2.05) is 56.0 Å². The molecule has 7 nitrogen and oxygen atoms in total. The molecule has 8 heteroatoms. The summed E-state index contributed by atoms with van der Waals surface area (Å²) < 4.78 is 27.3. The summed E-state index contributed by atoms with van der Waals surface area (Å²) in [5, 5.41) is 9.24. The number of hydrogen-bond acceptors (Lipinski definition) is 5. The van der Waals surface area contributed by atoms with Gasteiger partial charge >= 0.3 is 0 Å². The fourth-order valence-corrected chi connectivity index (χ4v) is 5.22. The van der Waals surface area contributed by atoms with Gasteiger partial charge in [-0.15, -0.1) is 0 Å². The van der Waals surface area contributed by atoms with Gasteiger partial charge in [-0.25, -0.2) is 8.42 Å². The Bertz CT molecular complexity index is 1070. The maximum absolute atomic E-state index is 13.0. The molecule has 0 unspecified atom stereocenters. The number of nitriles is 1. The molecule has 0 radical (unpaired) electrons. The summed E-state index contributed by atoms with van der Waals surface area (Å²) in [6.07, 6.45) is 0. The van der Waals surface area contributed by atoms with E-state index < -0.39 is 10.0 Å². The lowest BCUT2D eigenvalue weighted by atomic mass is 10.2. The monoisotopic (exact) mass is 440 g/mol. The third-order valence-corrected chi connectivity index (χ3v) is 7.47. The molecule has 0 aromatic heterocycles. The van der Waals surface area contributed by atoms with E-state index in [1.54, 1.807) is 17.0 Å². The number of anilines is 1. The molecule has 1 fully saturated rings. The molecule has 1 heterocycles. The van der Waals surface area contributed by atoms with Crippen molar-refractivity contribution in [3.63, 3.8) is 0 Å². The number of piperazine rings is 1. The van der Waals surface area contributed by atoms with Crippen molar-refractivity contribution in [2.75, 3.05) is 37.6 Å². The van der Waals surface area contributed by atoms with E-state index in [4.69, 9.17) is 0 Å². The Balaban J connectivity index is 1.66. The van der Waals surface area contributed by atoms with Gasteiger partial charge in [-0.05, 0) is 45.0 Å². The van der Waals surface area contributed by atoms with Gasteiger partial charge in [0.25, 0.3) is 0 Å². The molecule has 0 bridgehead atoms. The highest BCUT2D eigenvalue weighted by molar-refractivity contribution is 7.89. The van der Waals surface area contributed by atoms with Gasteiger partial charge in [0.2, 0.25) is 15.9 Å². The summed E-state index contributed by atoms with van der Waals surface area (Å²) in [5.74, 6) is -0.0243. The second-order valence-electron chi connectivity index (χ2n) is 7.95. The van der Waals surface area contributed by atoms with Crippen molar-refractivity contribution in [2.24, 2.45) is 0 Å². The topological polar surface area (TPSA) is 84.7 Å². The second kappa shape index (κ2) is 9.50. The lowest BCUT2D eigenvalue weighted by Crippen LogP contribution is -2.53. The van der Waals surface area contributed by atoms with Crippen molar-refractivity contribution < 1.29 is 13.2 Å². The Hall–Kier alpha value is -2.89. The first-order chi connectivity index (χ1) is 14.7. The minimum Gasteiger partial charge on any atom is -0.360 e. The third-order valence-electron chi connectivity index (χ3n) is 5.51. The number of hydrogen-bond donors (Lipinski definition) is 0. The van der Waals surface area contributed by atoms with E-state index in [1.165, 1.54) is 16.4 Å². The Labute approximate surface area is 184 Å². The van der Waals surface area contributed by atoms with Gasteiger partial charge in [-0.1, -0.05) is 29.8 Å². The molecule has 1 aliphatic rings. The number of aryl methyl sites for hydroxylation is 1. The van der Waals surface area contributed by atoms with Crippen LogP contribution in [0.3, 0.4) is 0 Å². The van der Waals surface area contributed by atoms with Gasteiger partial charge in [0, 0.05) is 37.9 Å². The summed E-state index contributed by atoms with van der Waals surface area (Å²) in [4.78, 5) is 16.7. The van der Waals surface area contributed by atoms with Gasteiger partial charge < -0.3 is 9.80 Å². The van der Waals surface area contributed by atoms with Crippen molar-refractivity contribution in [3.05, 3.63) is 59.7 Å². The SMILES string of the molecule is Cc1ccc(N(CC(=O)N2CCN(S(=O)(=O)c3ccccc3C#N)CC2)C(C)C)cc1. The standard InChI is InChI=1S/C23H28N4O3S/c1-18(2)27(21-10-8-19(3)9-11-21)17-23(28)25-12-14-26(15-13-25)31(29,30)22-7-5-4-6-20(22)16-24/h4-11,18H,12-15,17H2,1-3H3. The van der Waals surface area contributed by atoms with Crippen LogP contribution in [0.2, 0.25) is 0 Å². The quantitative estimate of drug-likeness (QED) is 0.689. The summed E-state index contributed by atoms with van der Waals surface area (Å²) in [5.41, 5.74) is 2.28. The average Bonchev–Trinajstić information content (AvgIpc) is 2.78. The largest absolute Gasteiger partial charge is 0.360 e. The number of sulfonamides is 1. The van der Waals surface area contributed by atoms with Gasteiger partial charge in [-0.2, -0.15) is 9.57 Å². The molecule has 2 aromatic rings. The maximum atomic E-state index is 13.0. The minimum atomic E-state index is -3.78. The molecule has 0 atom stereocenters. The van der Waals surface area contributed by atoms with Crippen LogP contribution in [0.15, 0.2) is 53.4 Å². The van der Waals surface area contributed by atoms with E-state index in [0.29, 0.717) is 13.1 Å². The Morgan fingerprint density at radius 2 is 1.68 bits per heavy atom. The highest BCUT2D eigenvalue weighted by Gasteiger charge is 2.32. The minimum absolute atomic E-state index is 0.0163. The van der Waals surface area contributed by atoms with E-state index in [0.717, 1.165) is 11.3 Å². The van der Waals surface area contributed by atoms with Crippen LogP contribution in [-0.4, -0.2) is 62.3 Å². The van der Waals surface area contributed by atoms with Crippen LogP contribution in [0.4, 0.5) is 5.69 Å². The number of carbonyl (C=O) groups excluding carboxylic acids is 1. The molecule has 0 aliphatic carbocycles. The van der Waals surface area contributed by atoms with Crippen LogP contribution in [0.1, 0.15) is 25.0 Å². The highest BCUT2D eigenvalue weighted by Crippen LogP contribution is 2.22. The van der Waals surface area contributed by atoms with Crippen molar-refractivity contribution >= 4 is 21.6 Å². The molecular formula is C23H28N4O3S. The normalized spacial score (nSPS) is 15.0. The zero-order valence-corrected chi connectivity index (χ0v) is 19.0. The third kappa shape index (κ3) is 5.06. The number of benzene rings is 2. The van der Waals surface area contributed by atoms with Crippen molar-refractivity contribution in [2.45, 2.75) is 31.7 Å². The Kier molecular flexibility index (Phi) is 6.98. The zero-order valence-electron chi connectivity index (χ0n) is 18.2. The first-order valence-electron chi connectivity index (χ1n) is 10.3. The lowest BCUT2D eigenvalue weighted by Gasteiger charge is -2.36. The van der Waals surface area contributed by atoms with Crippen LogP contribution in [0.25, 0.3) is 0 Å². The molecule has 3 rings (SSSR count). The van der Waals surface area contributed by atoms with Crippen LogP contribution in [-0.2, 0) is 14.8 Å². The molecule has 31 heavy (non-hydrogen) atoms. The zero-order chi connectivity index (χ0) is 22.6.